The highest BCUT2D eigenvalue weighted by Gasteiger charge is 2.38. The minimum Gasteiger partial charge on any atom is -0.465 e. The Hall–Kier alpha value is -1.45. The summed E-state index contributed by atoms with van der Waals surface area (Å²) >= 11 is 3.35. The molecule has 1 atom stereocenters. The fourth-order valence-electron chi connectivity index (χ4n) is 2.34. The molecule has 120 valence electrons. The molecular formula is C13H15BrN2O5S. The van der Waals surface area contributed by atoms with Crippen LogP contribution in [0.4, 0.5) is 5.69 Å². The zero-order valence-electron chi connectivity index (χ0n) is 12.0. The molecular weight excluding hydrogens is 376 g/mol. The Labute approximate surface area is 136 Å². The van der Waals surface area contributed by atoms with E-state index in [0.29, 0.717) is 21.3 Å². The van der Waals surface area contributed by atoms with Gasteiger partial charge in [-0.1, -0.05) is 0 Å². The third-order valence-electron chi connectivity index (χ3n) is 3.62. The normalized spacial score (nSPS) is 18.6. The van der Waals surface area contributed by atoms with Crippen LogP contribution in [0, 0.1) is 6.92 Å². The molecule has 1 aromatic rings. The van der Waals surface area contributed by atoms with Gasteiger partial charge in [-0.2, -0.15) is 0 Å². The number of primary sulfonamides is 1. The number of carbonyl (C=O) groups is 2. The molecule has 0 bridgehead atoms. The van der Waals surface area contributed by atoms with Crippen LogP contribution >= 0.6 is 15.9 Å². The smallest absolute Gasteiger partial charge is 0.338 e. The van der Waals surface area contributed by atoms with Crippen molar-refractivity contribution in [1.82, 2.24) is 0 Å². The van der Waals surface area contributed by atoms with Gasteiger partial charge in [0.1, 0.15) is 5.25 Å². The molecule has 0 aromatic heterocycles. The van der Waals surface area contributed by atoms with Gasteiger partial charge in [0.2, 0.25) is 15.9 Å². The quantitative estimate of drug-likeness (QED) is 0.772. The summed E-state index contributed by atoms with van der Waals surface area (Å²) in [6.45, 7) is 1.70. The Kier molecular flexibility index (Phi) is 4.59. The number of carbonyl (C=O) groups excluding carboxylic acids is 2. The minimum atomic E-state index is -3.78. The van der Waals surface area contributed by atoms with Gasteiger partial charge in [-0.05, 0) is 40.5 Å². The van der Waals surface area contributed by atoms with Gasteiger partial charge in [0.05, 0.1) is 18.4 Å². The van der Waals surface area contributed by atoms with Crippen LogP contribution in [0.15, 0.2) is 16.6 Å². The van der Waals surface area contributed by atoms with Crippen molar-refractivity contribution in [3.8, 4) is 0 Å². The van der Waals surface area contributed by atoms with Gasteiger partial charge in [-0.15, -0.1) is 0 Å². The maximum atomic E-state index is 12.1. The molecule has 1 saturated heterocycles. The molecule has 22 heavy (non-hydrogen) atoms. The van der Waals surface area contributed by atoms with Gasteiger partial charge in [-0.25, -0.2) is 18.4 Å². The number of benzene rings is 1. The van der Waals surface area contributed by atoms with E-state index in [1.807, 2.05) is 0 Å². The molecule has 1 aromatic carbocycles. The van der Waals surface area contributed by atoms with Gasteiger partial charge in [0.15, 0.2) is 0 Å². The van der Waals surface area contributed by atoms with Crippen LogP contribution in [0.2, 0.25) is 0 Å². The van der Waals surface area contributed by atoms with Gasteiger partial charge in [0, 0.05) is 17.4 Å². The molecule has 1 fully saturated rings. The number of rotatable bonds is 3. The summed E-state index contributed by atoms with van der Waals surface area (Å²) in [5.41, 5.74) is 1.48. The average molecular weight is 391 g/mol. The molecule has 0 spiro atoms. The molecule has 9 heteroatoms. The Balaban J connectivity index is 2.41. The van der Waals surface area contributed by atoms with Crippen LogP contribution in [0.5, 0.6) is 0 Å². The standard InChI is InChI=1S/C13H15BrN2O5S/c1-7-9(13(18)21-2)3-4-10(12(7)14)16-6-8(5-11(16)17)22(15,19)20/h3-4,8H,5-6H2,1-2H3,(H2,15,19,20). The summed E-state index contributed by atoms with van der Waals surface area (Å²) in [6, 6.07) is 3.12. The van der Waals surface area contributed by atoms with Crippen molar-refractivity contribution >= 4 is 43.5 Å². The predicted molar refractivity (Wildman–Crippen MR) is 84.1 cm³/mol. The van der Waals surface area contributed by atoms with Crippen molar-refractivity contribution in [3.63, 3.8) is 0 Å². The SMILES string of the molecule is COC(=O)c1ccc(N2CC(S(N)(=O)=O)CC2=O)c(Br)c1C. The third-order valence-corrected chi connectivity index (χ3v) is 5.86. The second kappa shape index (κ2) is 5.98. The fraction of sp³-hybridized carbons (Fsp3) is 0.385. The van der Waals surface area contributed by atoms with Gasteiger partial charge < -0.3 is 9.64 Å². The number of hydrogen-bond donors (Lipinski definition) is 1. The minimum absolute atomic E-state index is 0.00667. The van der Waals surface area contributed by atoms with Crippen molar-refractivity contribution < 1.29 is 22.7 Å². The number of nitrogens with two attached hydrogens (primary N) is 1. The average Bonchev–Trinajstić information content (AvgIpc) is 2.83. The number of anilines is 1. The highest BCUT2D eigenvalue weighted by molar-refractivity contribution is 9.10. The number of methoxy groups -OCH3 is 1. The van der Waals surface area contributed by atoms with Crippen molar-refractivity contribution in [3.05, 3.63) is 27.7 Å². The van der Waals surface area contributed by atoms with Gasteiger partial charge in [-0.3, -0.25) is 4.79 Å². The van der Waals surface area contributed by atoms with E-state index in [4.69, 9.17) is 5.14 Å². The number of halogens is 1. The lowest BCUT2D eigenvalue weighted by atomic mass is 10.1. The van der Waals surface area contributed by atoms with E-state index in [1.54, 1.807) is 19.1 Å². The second-order valence-corrected chi connectivity index (χ2v) is 7.62. The molecule has 1 aliphatic rings. The number of amides is 1. The van der Waals surface area contributed by atoms with E-state index < -0.39 is 21.2 Å². The van der Waals surface area contributed by atoms with Gasteiger partial charge in [0.25, 0.3) is 0 Å². The lowest BCUT2D eigenvalue weighted by molar-refractivity contribution is -0.117. The lowest BCUT2D eigenvalue weighted by Gasteiger charge is -2.20. The topological polar surface area (TPSA) is 107 Å². The molecule has 1 heterocycles. The molecule has 2 rings (SSSR count). The number of esters is 1. The first kappa shape index (κ1) is 16.9. The van der Waals surface area contributed by atoms with Crippen LogP contribution in [0.1, 0.15) is 22.3 Å². The fourth-order valence-corrected chi connectivity index (χ4v) is 3.63. The summed E-state index contributed by atoms with van der Waals surface area (Å²) in [5.74, 6) is -0.815. The van der Waals surface area contributed by atoms with Crippen molar-refractivity contribution in [2.75, 3.05) is 18.6 Å². The number of ether oxygens (including phenoxy) is 1. The lowest BCUT2D eigenvalue weighted by Crippen LogP contribution is -2.32. The summed E-state index contributed by atoms with van der Waals surface area (Å²) < 4.78 is 28.1. The van der Waals surface area contributed by atoms with Crippen LogP contribution < -0.4 is 10.0 Å². The van der Waals surface area contributed by atoms with E-state index in [1.165, 1.54) is 12.0 Å². The molecule has 1 amide bonds. The summed E-state index contributed by atoms with van der Waals surface area (Å²) in [5, 5.41) is 4.19. The molecule has 1 aliphatic heterocycles. The van der Waals surface area contributed by atoms with Crippen LogP contribution in [-0.4, -0.2) is 39.2 Å². The summed E-state index contributed by atoms with van der Waals surface area (Å²) in [4.78, 5) is 25.1. The highest BCUT2D eigenvalue weighted by atomic mass is 79.9. The number of hydrogen-bond acceptors (Lipinski definition) is 5. The number of sulfonamides is 1. The van der Waals surface area contributed by atoms with E-state index in [2.05, 4.69) is 20.7 Å². The first-order valence-electron chi connectivity index (χ1n) is 6.36. The molecule has 0 aliphatic carbocycles. The molecule has 0 radical (unpaired) electrons. The van der Waals surface area contributed by atoms with Crippen molar-refractivity contribution in [1.29, 1.82) is 0 Å². The van der Waals surface area contributed by atoms with Crippen LogP contribution in [-0.2, 0) is 19.6 Å². The zero-order valence-corrected chi connectivity index (χ0v) is 14.4. The molecule has 1 unspecified atom stereocenters. The van der Waals surface area contributed by atoms with Crippen LogP contribution in [0.25, 0.3) is 0 Å². The first-order chi connectivity index (χ1) is 10.2. The number of nitrogens with zero attached hydrogens (tertiary/aromatic N) is 1. The Morgan fingerprint density at radius 1 is 1.45 bits per heavy atom. The maximum absolute atomic E-state index is 12.1. The summed E-state index contributed by atoms with van der Waals surface area (Å²) in [6.07, 6.45) is -0.150. The maximum Gasteiger partial charge on any atom is 0.338 e. The first-order valence-corrected chi connectivity index (χ1v) is 8.76. The van der Waals surface area contributed by atoms with E-state index in [0.717, 1.165) is 0 Å². The molecule has 7 nitrogen and oxygen atoms in total. The summed E-state index contributed by atoms with van der Waals surface area (Å²) in [7, 11) is -2.49. The zero-order chi connectivity index (χ0) is 16.7. The van der Waals surface area contributed by atoms with Gasteiger partial charge >= 0.3 is 5.97 Å². The van der Waals surface area contributed by atoms with E-state index in [9.17, 15) is 18.0 Å². The van der Waals surface area contributed by atoms with Crippen LogP contribution in [0.3, 0.4) is 0 Å². The molecule has 2 N–H and O–H groups in total. The molecule has 0 saturated carbocycles. The van der Waals surface area contributed by atoms with Crippen molar-refractivity contribution in [2.45, 2.75) is 18.6 Å². The third kappa shape index (κ3) is 3.01. The monoisotopic (exact) mass is 390 g/mol. The predicted octanol–water partition coefficient (Wildman–Crippen LogP) is 0.938. The Morgan fingerprint density at radius 3 is 2.59 bits per heavy atom. The Morgan fingerprint density at radius 2 is 2.09 bits per heavy atom. The van der Waals surface area contributed by atoms with E-state index >= 15 is 0 Å². The Bertz CT molecular complexity index is 747. The highest BCUT2D eigenvalue weighted by Crippen LogP contribution is 2.35. The van der Waals surface area contributed by atoms with Crippen molar-refractivity contribution in [2.24, 2.45) is 5.14 Å². The van der Waals surface area contributed by atoms with E-state index in [-0.39, 0.29) is 18.9 Å². The largest absolute Gasteiger partial charge is 0.465 e. The second-order valence-electron chi connectivity index (χ2n) is 4.98.